The van der Waals surface area contributed by atoms with E-state index in [-0.39, 0.29) is 15.7 Å². The minimum Gasteiger partial charge on any atom is -0.298 e. The number of benzene rings is 2. The second kappa shape index (κ2) is 8.62. The summed E-state index contributed by atoms with van der Waals surface area (Å²) in [5.74, 6) is -0.923. The molecular formula is C16H12BrCl2N3O2S. The van der Waals surface area contributed by atoms with Crippen LogP contribution in [0.5, 0.6) is 0 Å². The number of carbonyl (C=O) groups excluding carboxylic acids is 2. The summed E-state index contributed by atoms with van der Waals surface area (Å²) >= 11 is 20.1. The minimum absolute atomic E-state index is 0.0554. The first-order valence-electron chi connectivity index (χ1n) is 6.91. The van der Waals surface area contributed by atoms with E-state index in [1.807, 2.05) is 6.92 Å². The molecule has 0 atom stereocenters. The summed E-state index contributed by atoms with van der Waals surface area (Å²) in [6.45, 7) is 1.91. The largest absolute Gasteiger partial charge is 0.298 e. The molecule has 2 rings (SSSR count). The number of nitrogens with one attached hydrogen (secondary N) is 3. The molecule has 0 fully saturated rings. The van der Waals surface area contributed by atoms with E-state index in [4.69, 9.17) is 35.4 Å². The topological polar surface area (TPSA) is 70.2 Å². The number of hydrogen-bond acceptors (Lipinski definition) is 3. The highest BCUT2D eigenvalue weighted by Gasteiger charge is 2.12. The van der Waals surface area contributed by atoms with Gasteiger partial charge in [-0.15, -0.1) is 0 Å². The van der Waals surface area contributed by atoms with Gasteiger partial charge in [-0.25, -0.2) is 0 Å². The van der Waals surface area contributed by atoms with E-state index in [0.29, 0.717) is 10.6 Å². The standard InChI is InChI=1S/C16H12BrCl2N3O2S/c1-8-2-3-9(6-12(8)17)14(23)20-16(25)22-21-15(24)11-5-4-10(18)7-13(11)19/h2-7H,1H3,(H,21,24)(H2,20,22,23,25). The first-order chi connectivity index (χ1) is 11.8. The van der Waals surface area contributed by atoms with Crippen LogP contribution in [0.4, 0.5) is 0 Å². The molecule has 0 heterocycles. The summed E-state index contributed by atoms with van der Waals surface area (Å²) in [7, 11) is 0. The van der Waals surface area contributed by atoms with Crippen molar-refractivity contribution in [2.75, 3.05) is 0 Å². The van der Waals surface area contributed by atoms with Gasteiger partial charge in [0.25, 0.3) is 11.8 Å². The highest BCUT2D eigenvalue weighted by Crippen LogP contribution is 2.20. The molecule has 130 valence electrons. The molecule has 2 aromatic carbocycles. The molecule has 3 N–H and O–H groups in total. The third kappa shape index (κ3) is 5.40. The van der Waals surface area contributed by atoms with Gasteiger partial charge in [0.05, 0.1) is 10.6 Å². The maximum atomic E-state index is 12.1. The van der Waals surface area contributed by atoms with E-state index in [0.717, 1.165) is 10.0 Å². The lowest BCUT2D eigenvalue weighted by Crippen LogP contribution is -2.48. The molecule has 0 aliphatic heterocycles. The van der Waals surface area contributed by atoms with Gasteiger partial charge in [0.2, 0.25) is 0 Å². The quantitative estimate of drug-likeness (QED) is 0.467. The molecule has 2 aromatic rings. The van der Waals surface area contributed by atoms with Crippen LogP contribution in [0.3, 0.4) is 0 Å². The third-order valence-electron chi connectivity index (χ3n) is 3.13. The van der Waals surface area contributed by atoms with Gasteiger partial charge in [0.15, 0.2) is 5.11 Å². The lowest BCUT2D eigenvalue weighted by molar-refractivity contribution is 0.0934. The van der Waals surface area contributed by atoms with Crippen molar-refractivity contribution in [2.24, 2.45) is 0 Å². The van der Waals surface area contributed by atoms with E-state index < -0.39 is 11.8 Å². The van der Waals surface area contributed by atoms with Crippen LogP contribution in [-0.4, -0.2) is 16.9 Å². The van der Waals surface area contributed by atoms with Crippen LogP contribution in [0.15, 0.2) is 40.9 Å². The highest BCUT2D eigenvalue weighted by molar-refractivity contribution is 9.10. The Morgan fingerprint density at radius 3 is 2.40 bits per heavy atom. The van der Waals surface area contributed by atoms with Crippen molar-refractivity contribution in [3.63, 3.8) is 0 Å². The Kier molecular flexibility index (Phi) is 6.78. The summed E-state index contributed by atoms with van der Waals surface area (Å²) in [4.78, 5) is 24.2. The van der Waals surface area contributed by atoms with Gasteiger partial charge in [-0.2, -0.15) is 0 Å². The molecule has 0 bridgehead atoms. The van der Waals surface area contributed by atoms with E-state index in [2.05, 4.69) is 32.1 Å². The number of hydrogen-bond donors (Lipinski definition) is 3. The monoisotopic (exact) mass is 459 g/mol. The van der Waals surface area contributed by atoms with Crippen LogP contribution in [0.1, 0.15) is 26.3 Å². The number of aryl methyl sites for hydroxylation is 1. The van der Waals surface area contributed by atoms with Crippen LogP contribution in [0.2, 0.25) is 10.0 Å². The van der Waals surface area contributed by atoms with E-state index >= 15 is 0 Å². The molecular weight excluding hydrogens is 449 g/mol. The zero-order valence-corrected chi connectivity index (χ0v) is 16.7. The number of hydrazine groups is 1. The predicted octanol–water partition coefficient (Wildman–Crippen LogP) is 4.01. The Balaban J connectivity index is 1.92. The maximum Gasteiger partial charge on any atom is 0.271 e. The fourth-order valence-electron chi connectivity index (χ4n) is 1.80. The number of amides is 2. The summed E-state index contributed by atoms with van der Waals surface area (Å²) in [5.41, 5.74) is 6.45. The normalized spacial score (nSPS) is 10.1. The third-order valence-corrected chi connectivity index (χ3v) is 4.73. The van der Waals surface area contributed by atoms with Crippen molar-refractivity contribution in [3.8, 4) is 0 Å². The molecule has 9 heteroatoms. The number of carbonyl (C=O) groups is 2. The number of halogens is 3. The summed E-state index contributed by atoms with van der Waals surface area (Å²) in [5, 5.41) is 3.03. The van der Waals surface area contributed by atoms with Gasteiger partial charge in [-0.05, 0) is 55.0 Å². The molecule has 0 saturated heterocycles. The average Bonchev–Trinajstić information content (AvgIpc) is 2.55. The van der Waals surface area contributed by atoms with Crippen LogP contribution >= 0.6 is 51.3 Å². The summed E-state index contributed by atoms with van der Waals surface area (Å²) < 4.78 is 0.810. The van der Waals surface area contributed by atoms with Gasteiger partial charge in [-0.3, -0.25) is 25.8 Å². The molecule has 25 heavy (non-hydrogen) atoms. The van der Waals surface area contributed by atoms with Crippen molar-refractivity contribution in [1.82, 2.24) is 16.2 Å². The van der Waals surface area contributed by atoms with E-state index in [9.17, 15) is 9.59 Å². The van der Waals surface area contributed by atoms with Crippen molar-refractivity contribution in [3.05, 3.63) is 67.6 Å². The number of thiocarbonyl (C=S) groups is 1. The zero-order chi connectivity index (χ0) is 18.6. The van der Waals surface area contributed by atoms with Crippen molar-refractivity contribution < 1.29 is 9.59 Å². The van der Waals surface area contributed by atoms with Crippen molar-refractivity contribution in [2.45, 2.75) is 6.92 Å². The SMILES string of the molecule is Cc1ccc(C(=O)NC(=S)NNC(=O)c2ccc(Cl)cc2Cl)cc1Br. The lowest BCUT2D eigenvalue weighted by atomic mass is 10.1. The predicted molar refractivity (Wildman–Crippen MR) is 106 cm³/mol. The van der Waals surface area contributed by atoms with Gasteiger partial charge in [0, 0.05) is 15.1 Å². The van der Waals surface area contributed by atoms with Gasteiger partial charge in [-0.1, -0.05) is 45.2 Å². The fraction of sp³-hybridized carbons (Fsp3) is 0.0625. The zero-order valence-electron chi connectivity index (χ0n) is 12.8. The smallest absolute Gasteiger partial charge is 0.271 e. The molecule has 0 radical (unpaired) electrons. The van der Waals surface area contributed by atoms with E-state index in [1.54, 1.807) is 18.2 Å². The molecule has 0 spiro atoms. The Labute approximate surface area is 168 Å². The number of rotatable bonds is 2. The molecule has 2 amide bonds. The van der Waals surface area contributed by atoms with Gasteiger partial charge in [0.1, 0.15) is 0 Å². The van der Waals surface area contributed by atoms with Crippen LogP contribution in [-0.2, 0) is 0 Å². The maximum absolute atomic E-state index is 12.1. The highest BCUT2D eigenvalue weighted by atomic mass is 79.9. The van der Waals surface area contributed by atoms with Crippen LogP contribution in [0, 0.1) is 6.92 Å². The molecule has 0 unspecified atom stereocenters. The minimum atomic E-state index is -0.517. The van der Waals surface area contributed by atoms with Crippen molar-refractivity contribution >= 4 is 68.3 Å². The van der Waals surface area contributed by atoms with Crippen LogP contribution < -0.4 is 16.2 Å². The molecule has 0 saturated carbocycles. The van der Waals surface area contributed by atoms with Gasteiger partial charge < -0.3 is 0 Å². The average molecular weight is 461 g/mol. The second-order valence-electron chi connectivity index (χ2n) is 4.95. The Morgan fingerprint density at radius 1 is 1.04 bits per heavy atom. The molecule has 0 aromatic heterocycles. The Bertz CT molecular complexity index is 861. The first-order valence-corrected chi connectivity index (χ1v) is 8.86. The fourth-order valence-corrected chi connectivity index (χ4v) is 2.81. The molecule has 0 aliphatic carbocycles. The lowest BCUT2D eigenvalue weighted by Gasteiger charge is -2.12. The molecule has 5 nitrogen and oxygen atoms in total. The first kappa shape index (κ1) is 19.7. The Morgan fingerprint density at radius 2 is 1.76 bits per heavy atom. The van der Waals surface area contributed by atoms with E-state index in [1.165, 1.54) is 18.2 Å². The second-order valence-corrected chi connectivity index (χ2v) is 7.06. The van der Waals surface area contributed by atoms with Gasteiger partial charge >= 0.3 is 0 Å². The van der Waals surface area contributed by atoms with Crippen molar-refractivity contribution in [1.29, 1.82) is 0 Å². The Hall–Kier alpha value is -1.67. The van der Waals surface area contributed by atoms with Crippen LogP contribution in [0.25, 0.3) is 0 Å². The molecule has 0 aliphatic rings. The summed E-state index contributed by atoms with van der Waals surface area (Å²) in [6, 6.07) is 9.63. The summed E-state index contributed by atoms with van der Waals surface area (Å²) in [6.07, 6.45) is 0.